The van der Waals surface area contributed by atoms with Crippen LogP contribution in [-0.4, -0.2) is 22.7 Å². The van der Waals surface area contributed by atoms with Gasteiger partial charge in [0.25, 0.3) is 0 Å². The standard InChI is InChI=1S/C10H11F3N4/c11-10(12,13)4-1-2-5-15-9-16-6-3-8(7-14)17-9/h3,6H,1-2,4-5H2,(H,15,16,17). The molecular weight excluding hydrogens is 233 g/mol. The first kappa shape index (κ1) is 13.2. The van der Waals surface area contributed by atoms with E-state index in [2.05, 4.69) is 15.3 Å². The van der Waals surface area contributed by atoms with Crippen LogP contribution in [0.2, 0.25) is 0 Å². The zero-order valence-corrected chi connectivity index (χ0v) is 8.96. The highest BCUT2D eigenvalue weighted by atomic mass is 19.4. The zero-order chi connectivity index (χ0) is 12.7. The van der Waals surface area contributed by atoms with Crippen molar-refractivity contribution in [2.45, 2.75) is 25.4 Å². The van der Waals surface area contributed by atoms with Crippen molar-refractivity contribution in [3.05, 3.63) is 18.0 Å². The Bertz CT molecular complexity index is 397. The molecule has 0 aliphatic heterocycles. The summed E-state index contributed by atoms with van der Waals surface area (Å²) in [7, 11) is 0. The summed E-state index contributed by atoms with van der Waals surface area (Å²) < 4.78 is 35.5. The largest absolute Gasteiger partial charge is 0.389 e. The molecule has 0 saturated carbocycles. The van der Waals surface area contributed by atoms with Crippen LogP contribution >= 0.6 is 0 Å². The molecule has 0 unspecified atom stereocenters. The van der Waals surface area contributed by atoms with E-state index in [1.165, 1.54) is 12.3 Å². The smallest absolute Gasteiger partial charge is 0.354 e. The van der Waals surface area contributed by atoms with Crippen LogP contribution in [0.4, 0.5) is 19.1 Å². The molecule has 0 aliphatic rings. The van der Waals surface area contributed by atoms with Gasteiger partial charge in [-0.25, -0.2) is 9.97 Å². The van der Waals surface area contributed by atoms with E-state index < -0.39 is 12.6 Å². The molecule has 0 fully saturated rings. The van der Waals surface area contributed by atoms with E-state index >= 15 is 0 Å². The first-order valence-electron chi connectivity index (χ1n) is 5.05. The zero-order valence-electron chi connectivity index (χ0n) is 8.96. The fourth-order valence-corrected chi connectivity index (χ4v) is 1.16. The van der Waals surface area contributed by atoms with Gasteiger partial charge in [0.15, 0.2) is 0 Å². The minimum absolute atomic E-state index is 0.0639. The van der Waals surface area contributed by atoms with E-state index in [-0.39, 0.29) is 18.1 Å². The van der Waals surface area contributed by atoms with Crippen LogP contribution in [-0.2, 0) is 0 Å². The van der Waals surface area contributed by atoms with Crippen molar-refractivity contribution in [3.8, 4) is 6.07 Å². The van der Waals surface area contributed by atoms with Crippen LogP contribution in [0.1, 0.15) is 25.0 Å². The second kappa shape index (κ2) is 6.03. The van der Waals surface area contributed by atoms with Gasteiger partial charge in [0.2, 0.25) is 5.95 Å². The summed E-state index contributed by atoms with van der Waals surface area (Å²) in [5.41, 5.74) is 0.220. The van der Waals surface area contributed by atoms with Crippen LogP contribution in [0.3, 0.4) is 0 Å². The molecular formula is C10H11F3N4. The number of hydrogen-bond donors (Lipinski definition) is 1. The Balaban J connectivity index is 2.25. The first-order chi connectivity index (χ1) is 8.01. The summed E-state index contributed by atoms with van der Waals surface area (Å²) in [6.45, 7) is 0.352. The Morgan fingerprint density at radius 3 is 2.76 bits per heavy atom. The summed E-state index contributed by atoms with van der Waals surface area (Å²) in [4.78, 5) is 7.67. The average molecular weight is 244 g/mol. The fourth-order valence-electron chi connectivity index (χ4n) is 1.16. The summed E-state index contributed by atoms with van der Waals surface area (Å²) in [5.74, 6) is 0.260. The third kappa shape index (κ3) is 5.70. The predicted molar refractivity (Wildman–Crippen MR) is 55.1 cm³/mol. The highest BCUT2D eigenvalue weighted by Crippen LogP contribution is 2.21. The highest BCUT2D eigenvalue weighted by molar-refractivity contribution is 5.29. The van der Waals surface area contributed by atoms with Gasteiger partial charge in [-0.2, -0.15) is 18.4 Å². The Kier molecular flexibility index (Phi) is 4.69. The summed E-state index contributed by atoms with van der Waals surface area (Å²) >= 11 is 0. The van der Waals surface area contributed by atoms with E-state index in [0.29, 0.717) is 13.0 Å². The number of nitriles is 1. The highest BCUT2D eigenvalue weighted by Gasteiger charge is 2.25. The van der Waals surface area contributed by atoms with Crippen LogP contribution in [0.25, 0.3) is 0 Å². The quantitative estimate of drug-likeness (QED) is 0.808. The van der Waals surface area contributed by atoms with Gasteiger partial charge in [0.1, 0.15) is 11.8 Å². The summed E-state index contributed by atoms with van der Waals surface area (Å²) in [6, 6.07) is 3.30. The molecule has 1 heterocycles. The molecule has 1 aromatic rings. The summed E-state index contributed by atoms with van der Waals surface area (Å²) in [5, 5.41) is 11.3. The Morgan fingerprint density at radius 2 is 2.12 bits per heavy atom. The predicted octanol–water partition coefficient (Wildman–Crippen LogP) is 2.49. The second-order valence-corrected chi connectivity index (χ2v) is 3.38. The van der Waals surface area contributed by atoms with Crippen molar-refractivity contribution >= 4 is 5.95 Å². The molecule has 17 heavy (non-hydrogen) atoms. The molecule has 4 nitrogen and oxygen atoms in total. The lowest BCUT2D eigenvalue weighted by Gasteiger charge is -2.06. The number of nitrogens with one attached hydrogen (secondary N) is 1. The SMILES string of the molecule is N#Cc1ccnc(NCCCCC(F)(F)F)n1. The molecule has 0 amide bonds. The van der Waals surface area contributed by atoms with Crippen molar-refractivity contribution in [2.24, 2.45) is 0 Å². The van der Waals surface area contributed by atoms with Gasteiger partial charge in [-0.15, -0.1) is 0 Å². The van der Waals surface area contributed by atoms with Gasteiger partial charge in [-0.05, 0) is 18.9 Å². The van der Waals surface area contributed by atoms with E-state index in [9.17, 15) is 13.2 Å². The Morgan fingerprint density at radius 1 is 1.35 bits per heavy atom. The van der Waals surface area contributed by atoms with Crippen molar-refractivity contribution in [1.29, 1.82) is 5.26 Å². The van der Waals surface area contributed by atoms with E-state index in [0.717, 1.165) is 0 Å². The van der Waals surface area contributed by atoms with Crippen molar-refractivity contribution in [3.63, 3.8) is 0 Å². The van der Waals surface area contributed by atoms with Crippen LogP contribution in [0.5, 0.6) is 0 Å². The van der Waals surface area contributed by atoms with Gasteiger partial charge in [-0.3, -0.25) is 0 Å². The normalized spacial score (nSPS) is 10.9. The number of aromatic nitrogens is 2. The lowest BCUT2D eigenvalue weighted by atomic mass is 10.2. The molecule has 1 N–H and O–H groups in total. The second-order valence-electron chi connectivity index (χ2n) is 3.38. The van der Waals surface area contributed by atoms with Gasteiger partial charge in [0.05, 0.1) is 0 Å². The molecule has 0 saturated heterocycles. The van der Waals surface area contributed by atoms with Gasteiger partial charge in [0, 0.05) is 19.2 Å². The number of anilines is 1. The number of alkyl halides is 3. The molecule has 0 bridgehead atoms. The Hall–Kier alpha value is -1.84. The van der Waals surface area contributed by atoms with Crippen molar-refractivity contribution < 1.29 is 13.2 Å². The summed E-state index contributed by atoms with van der Waals surface area (Å²) in [6.07, 6.45) is -3.03. The molecule has 92 valence electrons. The number of unbranched alkanes of at least 4 members (excludes halogenated alkanes) is 1. The molecule has 0 aromatic carbocycles. The molecule has 0 radical (unpaired) electrons. The van der Waals surface area contributed by atoms with Crippen molar-refractivity contribution in [2.75, 3.05) is 11.9 Å². The minimum atomic E-state index is -4.10. The molecule has 7 heteroatoms. The average Bonchev–Trinajstić information content (AvgIpc) is 2.27. The van der Waals surface area contributed by atoms with E-state index in [1.54, 1.807) is 0 Å². The van der Waals surface area contributed by atoms with Gasteiger partial charge >= 0.3 is 6.18 Å². The van der Waals surface area contributed by atoms with Crippen LogP contribution in [0, 0.1) is 11.3 Å². The molecule has 0 atom stereocenters. The lowest BCUT2D eigenvalue weighted by Crippen LogP contribution is -2.09. The number of halogens is 3. The maximum atomic E-state index is 11.8. The molecule has 1 rings (SSSR count). The molecule has 1 aromatic heterocycles. The lowest BCUT2D eigenvalue weighted by molar-refractivity contribution is -0.135. The van der Waals surface area contributed by atoms with Crippen LogP contribution < -0.4 is 5.32 Å². The number of rotatable bonds is 5. The third-order valence-corrected chi connectivity index (χ3v) is 1.94. The van der Waals surface area contributed by atoms with E-state index in [4.69, 9.17) is 5.26 Å². The number of nitrogens with zero attached hydrogens (tertiary/aromatic N) is 3. The molecule has 0 aliphatic carbocycles. The minimum Gasteiger partial charge on any atom is -0.354 e. The Labute approximate surface area is 96.5 Å². The number of hydrogen-bond acceptors (Lipinski definition) is 4. The van der Waals surface area contributed by atoms with Gasteiger partial charge in [-0.1, -0.05) is 0 Å². The maximum absolute atomic E-state index is 11.8. The third-order valence-electron chi connectivity index (χ3n) is 1.94. The van der Waals surface area contributed by atoms with Gasteiger partial charge < -0.3 is 5.32 Å². The molecule has 0 spiro atoms. The topological polar surface area (TPSA) is 61.6 Å². The maximum Gasteiger partial charge on any atom is 0.389 e. The van der Waals surface area contributed by atoms with Crippen molar-refractivity contribution in [1.82, 2.24) is 9.97 Å². The first-order valence-corrected chi connectivity index (χ1v) is 5.05. The fraction of sp³-hybridized carbons (Fsp3) is 0.500. The monoisotopic (exact) mass is 244 g/mol. The van der Waals surface area contributed by atoms with E-state index in [1.807, 2.05) is 6.07 Å². The van der Waals surface area contributed by atoms with Crippen LogP contribution in [0.15, 0.2) is 12.3 Å².